The van der Waals surface area contributed by atoms with Crippen LogP contribution in [0.4, 0.5) is 0 Å². The van der Waals surface area contributed by atoms with Crippen molar-refractivity contribution in [2.24, 2.45) is 0 Å². The summed E-state index contributed by atoms with van der Waals surface area (Å²) in [5, 5.41) is 9.69. The maximum Gasteiger partial charge on any atom is 0.361 e. The van der Waals surface area contributed by atoms with E-state index in [1.54, 1.807) is 0 Å². The molecule has 2 unspecified atom stereocenters. The molecule has 0 aromatic heterocycles. The number of aliphatic carboxylic acids is 1. The number of nitrogens with zero attached hydrogens (tertiary/aromatic N) is 1. The zero-order chi connectivity index (χ0) is 49.9. The molecule has 0 aliphatic rings. The monoisotopic (exact) mass is 959 g/mol. The summed E-state index contributed by atoms with van der Waals surface area (Å²) in [6.45, 7) is 4.87. The van der Waals surface area contributed by atoms with Crippen molar-refractivity contribution in [3.8, 4) is 0 Å². The van der Waals surface area contributed by atoms with Crippen LogP contribution >= 0.6 is 0 Å². The van der Waals surface area contributed by atoms with E-state index in [0.29, 0.717) is 17.4 Å². The van der Waals surface area contributed by atoms with Crippen molar-refractivity contribution >= 4 is 17.9 Å². The van der Waals surface area contributed by atoms with E-state index in [-0.39, 0.29) is 32.2 Å². The van der Waals surface area contributed by atoms with E-state index in [2.05, 4.69) is 62.5 Å². The molecular formula is C59H108NO8+. The van der Waals surface area contributed by atoms with Crippen molar-refractivity contribution in [2.45, 2.75) is 264 Å². The van der Waals surface area contributed by atoms with Gasteiger partial charge in [0.1, 0.15) is 13.2 Å². The molecule has 0 spiro atoms. The minimum atomic E-state index is -1.51. The van der Waals surface area contributed by atoms with Crippen LogP contribution in [0.25, 0.3) is 0 Å². The van der Waals surface area contributed by atoms with Crippen LogP contribution in [-0.2, 0) is 33.3 Å². The Morgan fingerprint density at radius 2 is 0.794 bits per heavy atom. The van der Waals surface area contributed by atoms with Crippen LogP contribution in [0.15, 0.2) is 48.6 Å². The second-order valence-corrected chi connectivity index (χ2v) is 20.2. The fourth-order valence-corrected chi connectivity index (χ4v) is 7.90. The Morgan fingerprint density at radius 1 is 0.441 bits per heavy atom. The van der Waals surface area contributed by atoms with Gasteiger partial charge in [-0.2, -0.15) is 0 Å². The summed E-state index contributed by atoms with van der Waals surface area (Å²) in [7, 11) is 5.96. The average molecular weight is 960 g/mol. The molecule has 0 saturated heterocycles. The van der Waals surface area contributed by atoms with Gasteiger partial charge in [-0.25, -0.2) is 4.79 Å². The first-order valence-electron chi connectivity index (χ1n) is 28.3. The smallest absolute Gasteiger partial charge is 0.361 e. The molecular weight excluding hydrogens is 851 g/mol. The Morgan fingerprint density at radius 3 is 1.19 bits per heavy atom. The Kier molecular flexibility index (Phi) is 48.6. The van der Waals surface area contributed by atoms with Crippen molar-refractivity contribution in [2.75, 3.05) is 47.5 Å². The number of likely N-dealkylation sites (N-methyl/N-ethyl adjacent to an activating group) is 1. The lowest BCUT2D eigenvalue weighted by atomic mass is 10.0. The average Bonchev–Trinajstić information content (AvgIpc) is 3.30. The molecule has 0 saturated carbocycles. The molecule has 0 aliphatic heterocycles. The van der Waals surface area contributed by atoms with E-state index in [1.807, 2.05) is 21.1 Å². The number of carbonyl (C=O) groups is 3. The Bertz CT molecular complexity index is 1250. The molecule has 0 rings (SSSR count). The van der Waals surface area contributed by atoms with Crippen molar-refractivity contribution in [1.82, 2.24) is 0 Å². The summed E-state index contributed by atoms with van der Waals surface area (Å²) in [5.74, 6) is -2.01. The standard InChI is InChI=1S/C59H107NO8/c1-6-8-10-12-14-16-18-20-22-24-25-26-27-28-29-30-31-32-33-34-36-38-40-42-44-46-48-50-57(62)68-55(54-67-59(58(63)64)65-52-51-60(3,4)5)53-66-56(61)49-47-45-43-41-39-37-35-23-21-19-17-15-13-11-9-7-2/h18,20,23-25,27-28,35,55,59H,6-17,19,21-22,26,29-34,36-54H2,1-5H3/p+1/b20-18-,25-24-,28-27-,35-23-. The Labute approximate surface area is 419 Å². The number of carboxylic acids is 1. The number of hydrogen-bond donors (Lipinski definition) is 1. The van der Waals surface area contributed by atoms with Crippen molar-refractivity contribution in [1.29, 1.82) is 0 Å². The molecule has 0 bridgehead atoms. The van der Waals surface area contributed by atoms with E-state index < -0.39 is 24.3 Å². The molecule has 1 N–H and O–H groups in total. The summed E-state index contributed by atoms with van der Waals surface area (Å²) >= 11 is 0. The molecule has 2 atom stereocenters. The first-order valence-corrected chi connectivity index (χ1v) is 28.3. The Balaban J connectivity index is 4.24. The molecule has 0 aliphatic carbocycles. The second kappa shape index (κ2) is 50.6. The lowest BCUT2D eigenvalue weighted by Crippen LogP contribution is -2.40. The van der Waals surface area contributed by atoms with Crippen LogP contribution in [0.3, 0.4) is 0 Å². The van der Waals surface area contributed by atoms with Gasteiger partial charge in [0.25, 0.3) is 6.29 Å². The van der Waals surface area contributed by atoms with Crippen LogP contribution in [0.5, 0.6) is 0 Å². The molecule has 9 nitrogen and oxygen atoms in total. The highest BCUT2D eigenvalue weighted by Crippen LogP contribution is 2.16. The Hall–Kier alpha value is -2.75. The van der Waals surface area contributed by atoms with Crippen molar-refractivity contribution in [3.63, 3.8) is 0 Å². The minimum Gasteiger partial charge on any atom is -0.477 e. The second-order valence-electron chi connectivity index (χ2n) is 20.2. The van der Waals surface area contributed by atoms with E-state index in [1.165, 1.54) is 154 Å². The number of esters is 2. The normalized spacial score (nSPS) is 13.1. The van der Waals surface area contributed by atoms with Crippen LogP contribution in [0.1, 0.15) is 251 Å². The number of carbonyl (C=O) groups excluding carboxylic acids is 2. The summed E-state index contributed by atoms with van der Waals surface area (Å²) < 4.78 is 22.9. The van der Waals surface area contributed by atoms with Gasteiger partial charge in [0.15, 0.2) is 6.10 Å². The van der Waals surface area contributed by atoms with Gasteiger partial charge in [-0.1, -0.05) is 210 Å². The number of carboxylic acid groups (broad SMARTS) is 1. The van der Waals surface area contributed by atoms with Gasteiger partial charge in [-0.15, -0.1) is 0 Å². The number of rotatable bonds is 52. The molecule has 9 heteroatoms. The lowest BCUT2D eigenvalue weighted by molar-refractivity contribution is -0.870. The fourth-order valence-electron chi connectivity index (χ4n) is 7.90. The summed E-state index contributed by atoms with van der Waals surface area (Å²) in [6, 6.07) is 0. The zero-order valence-electron chi connectivity index (χ0n) is 45.0. The predicted octanol–water partition coefficient (Wildman–Crippen LogP) is 16.3. The highest BCUT2D eigenvalue weighted by molar-refractivity contribution is 5.71. The number of allylic oxidation sites excluding steroid dienone is 8. The third kappa shape index (κ3) is 51.1. The molecule has 0 fully saturated rings. The summed E-state index contributed by atoms with van der Waals surface area (Å²) in [5.41, 5.74) is 0. The minimum absolute atomic E-state index is 0.186. The molecule has 0 radical (unpaired) electrons. The third-order valence-electron chi connectivity index (χ3n) is 12.3. The quantitative estimate of drug-likeness (QED) is 0.0211. The predicted molar refractivity (Wildman–Crippen MR) is 286 cm³/mol. The third-order valence-corrected chi connectivity index (χ3v) is 12.3. The lowest BCUT2D eigenvalue weighted by Gasteiger charge is -2.25. The number of quaternary nitrogens is 1. The molecule has 0 heterocycles. The van der Waals surface area contributed by atoms with Gasteiger partial charge < -0.3 is 28.5 Å². The number of unbranched alkanes of at least 4 members (excludes halogenated alkanes) is 29. The molecule has 396 valence electrons. The van der Waals surface area contributed by atoms with Crippen LogP contribution in [0.2, 0.25) is 0 Å². The number of hydrogen-bond acceptors (Lipinski definition) is 7. The van der Waals surface area contributed by atoms with Gasteiger partial charge in [0.2, 0.25) is 0 Å². The van der Waals surface area contributed by atoms with Crippen LogP contribution in [-0.4, -0.2) is 87.4 Å². The number of ether oxygens (including phenoxy) is 4. The van der Waals surface area contributed by atoms with E-state index in [0.717, 1.165) is 70.6 Å². The van der Waals surface area contributed by atoms with E-state index in [9.17, 15) is 19.5 Å². The van der Waals surface area contributed by atoms with Crippen molar-refractivity contribution in [3.05, 3.63) is 48.6 Å². The summed E-state index contributed by atoms with van der Waals surface area (Å²) in [4.78, 5) is 37.4. The summed E-state index contributed by atoms with van der Waals surface area (Å²) in [6.07, 6.45) is 59.0. The maximum absolute atomic E-state index is 12.9. The molecule has 0 amide bonds. The van der Waals surface area contributed by atoms with Crippen LogP contribution in [0, 0.1) is 0 Å². The SMILES string of the molecule is CCCCCCC/C=C\C/C=C\C/C=C\CCCCCCCCCCCCCCC(=O)OC(COC(=O)CCCCCCC/C=C\CCCCCCCCC)COC(OCC[N+](C)(C)C)C(=O)O. The van der Waals surface area contributed by atoms with Gasteiger partial charge in [0.05, 0.1) is 34.4 Å². The first kappa shape index (κ1) is 65.2. The van der Waals surface area contributed by atoms with Gasteiger partial charge in [0, 0.05) is 12.8 Å². The topological polar surface area (TPSA) is 108 Å². The van der Waals surface area contributed by atoms with Gasteiger partial charge >= 0.3 is 17.9 Å². The largest absolute Gasteiger partial charge is 0.477 e. The fraction of sp³-hybridized carbons (Fsp3) is 0.814. The van der Waals surface area contributed by atoms with Crippen molar-refractivity contribution < 1.29 is 42.9 Å². The van der Waals surface area contributed by atoms with Gasteiger partial charge in [-0.3, -0.25) is 9.59 Å². The maximum atomic E-state index is 12.9. The highest BCUT2D eigenvalue weighted by Gasteiger charge is 2.25. The van der Waals surface area contributed by atoms with Gasteiger partial charge in [-0.05, 0) is 77.0 Å². The zero-order valence-corrected chi connectivity index (χ0v) is 45.0. The molecule has 68 heavy (non-hydrogen) atoms. The first-order chi connectivity index (χ1) is 33.1. The molecule has 0 aromatic carbocycles. The highest BCUT2D eigenvalue weighted by atomic mass is 16.7. The molecule has 0 aromatic rings. The van der Waals surface area contributed by atoms with E-state index >= 15 is 0 Å². The van der Waals surface area contributed by atoms with E-state index in [4.69, 9.17) is 18.9 Å². The van der Waals surface area contributed by atoms with Crippen LogP contribution < -0.4 is 0 Å².